The number of nitrogens with two attached hydrogens (primary N) is 1. The molecular formula is C27H29F5N4O2. The lowest BCUT2D eigenvalue weighted by molar-refractivity contribution is -0.161. The molecule has 0 bridgehead atoms. The average molecular weight is 537 g/mol. The van der Waals surface area contributed by atoms with Gasteiger partial charge in [0.1, 0.15) is 23.1 Å². The van der Waals surface area contributed by atoms with Crippen LogP contribution in [0.15, 0.2) is 42.5 Å². The first-order chi connectivity index (χ1) is 17.5. The van der Waals surface area contributed by atoms with Crippen molar-refractivity contribution >= 4 is 11.8 Å². The predicted molar refractivity (Wildman–Crippen MR) is 131 cm³/mol. The Kier molecular flexibility index (Phi) is 8.17. The molecule has 1 fully saturated rings. The van der Waals surface area contributed by atoms with Crippen LogP contribution in [0.1, 0.15) is 63.1 Å². The molecule has 0 unspecified atom stereocenters. The molecule has 3 atom stereocenters. The van der Waals surface area contributed by atoms with Crippen molar-refractivity contribution in [2.75, 3.05) is 0 Å². The molecule has 4 N–H and O–H groups in total. The molecule has 2 aromatic carbocycles. The van der Waals surface area contributed by atoms with Crippen molar-refractivity contribution in [3.63, 3.8) is 0 Å². The summed E-state index contributed by atoms with van der Waals surface area (Å²) in [5.74, 6) is -2.92. The number of nitriles is 1. The van der Waals surface area contributed by atoms with Gasteiger partial charge in [-0.05, 0) is 56.4 Å². The van der Waals surface area contributed by atoms with E-state index in [1.807, 2.05) is 6.07 Å². The average Bonchev–Trinajstić information content (AvgIpc) is 3.59. The lowest BCUT2D eigenvalue weighted by Gasteiger charge is -2.30. The highest BCUT2D eigenvalue weighted by atomic mass is 19.4. The molecule has 0 radical (unpaired) electrons. The van der Waals surface area contributed by atoms with Gasteiger partial charge < -0.3 is 11.1 Å². The van der Waals surface area contributed by atoms with E-state index in [4.69, 9.17) is 5.73 Å². The van der Waals surface area contributed by atoms with Crippen LogP contribution >= 0.6 is 0 Å². The Hall–Kier alpha value is -3.52. The zero-order valence-electron chi connectivity index (χ0n) is 21.1. The minimum atomic E-state index is -4.86. The minimum Gasteiger partial charge on any atom is -0.369 e. The largest absolute Gasteiger partial charge is 0.407 e. The van der Waals surface area contributed by atoms with E-state index >= 15 is 0 Å². The predicted octanol–water partition coefficient (Wildman–Crippen LogP) is 4.95. The summed E-state index contributed by atoms with van der Waals surface area (Å²) < 4.78 is 71.5. The molecule has 0 heterocycles. The van der Waals surface area contributed by atoms with E-state index in [0.29, 0.717) is 18.4 Å². The number of carbonyl (C=O) groups is 2. The molecule has 0 saturated heterocycles. The number of hydrogen-bond donors (Lipinski definition) is 3. The third kappa shape index (κ3) is 7.07. The van der Waals surface area contributed by atoms with Crippen LogP contribution in [0.2, 0.25) is 0 Å². The van der Waals surface area contributed by atoms with Crippen molar-refractivity contribution < 1.29 is 31.5 Å². The second kappa shape index (κ2) is 10.7. The molecule has 204 valence electrons. The number of primary amides is 1. The van der Waals surface area contributed by atoms with Crippen molar-refractivity contribution in [1.29, 1.82) is 5.26 Å². The highest BCUT2D eigenvalue weighted by molar-refractivity contribution is 5.83. The highest BCUT2D eigenvalue weighted by Crippen LogP contribution is 2.37. The van der Waals surface area contributed by atoms with Crippen molar-refractivity contribution in [2.24, 2.45) is 5.73 Å². The summed E-state index contributed by atoms with van der Waals surface area (Å²) in [6.45, 7) is 3.82. The fourth-order valence-corrected chi connectivity index (χ4v) is 4.06. The van der Waals surface area contributed by atoms with Gasteiger partial charge in [-0.1, -0.05) is 36.4 Å². The number of alkyl halides is 4. The van der Waals surface area contributed by atoms with Gasteiger partial charge in [-0.25, -0.2) is 8.78 Å². The van der Waals surface area contributed by atoms with E-state index < -0.39 is 59.4 Å². The Morgan fingerprint density at radius 3 is 2.11 bits per heavy atom. The van der Waals surface area contributed by atoms with Crippen molar-refractivity contribution in [3.8, 4) is 17.2 Å². The van der Waals surface area contributed by atoms with E-state index in [-0.39, 0.29) is 16.7 Å². The summed E-state index contributed by atoms with van der Waals surface area (Å²) in [6, 6.07) is 6.97. The van der Waals surface area contributed by atoms with E-state index in [9.17, 15) is 36.8 Å². The molecule has 11 heteroatoms. The first-order valence-corrected chi connectivity index (χ1v) is 12.0. The van der Waals surface area contributed by atoms with Gasteiger partial charge in [0.2, 0.25) is 11.8 Å². The number of hydrogen-bond acceptors (Lipinski definition) is 4. The topological polar surface area (TPSA) is 108 Å². The normalized spacial score (nSPS) is 17.1. The Balaban J connectivity index is 1.88. The fourth-order valence-electron chi connectivity index (χ4n) is 4.06. The quantitative estimate of drug-likeness (QED) is 0.373. The second-order valence-corrected chi connectivity index (χ2v) is 10.3. The molecule has 6 nitrogen and oxygen atoms in total. The van der Waals surface area contributed by atoms with Gasteiger partial charge in [-0.15, -0.1) is 0 Å². The smallest absolute Gasteiger partial charge is 0.369 e. The third-order valence-corrected chi connectivity index (χ3v) is 6.50. The molecule has 0 aliphatic heterocycles. The number of amides is 2. The van der Waals surface area contributed by atoms with Gasteiger partial charge in [0.05, 0.1) is 18.0 Å². The second-order valence-electron chi connectivity index (χ2n) is 10.3. The van der Waals surface area contributed by atoms with Gasteiger partial charge in [-0.3, -0.25) is 14.9 Å². The van der Waals surface area contributed by atoms with Crippen LogP contribution in [0.5, 0.6) is 0 Å². The summed E-state index contributed by atoms with van der Waals surface area (Å²) >= 11 is 0. The monoisotopic (exact) mass is 536 g/mol. The molecule has 38 heavy (non-hydrogen) atoms. The molecule has 0 aromatic heterocycles. The molecule has 0 spiro atoms. The molecular weight excluding hydrogens is 507 g/mol. The molecule has 1 saturated carbocycles. The van der Waals surface area contributed by atoms with Gasteiger partial charge in [-0.2, -0.15) is 18.4 Å². The summed E-state index contributed by atoms with van der Waals surface area (Å²) in [5.41, 5.74) is 2.63. The summed E-state index contributed by atoms with van der Waals surface area (Å²) in [6.07, 6.45) is -4.69. The number of benzene rings is 2. The lowest BCUT2D eigenvalue weighted by Crippen LogP contribution is -2.53. The van der Waals surface area contributed by atoms with E-state index in [0.717, 1.165) is 32.0 Å². The molecule has 2 aromatic rings. The number of nitrogens with zero attached hydrogens (tertiary/aromatic N) is 1. The Labute approximate surface area is 217 Å². The van der Waals surface area contributed by atoms with Crippen LogP contribution in [0, 0.1) is 17.1 Å². The summed E-state index contributed by atoms with van der Waals surface area (Å²) in [5, 5.41) is 13.9. The molecule has 3 rings (SSSR count). The van der Waals surface area contributed by atoms with Crippen LogP contribution in [-0.4, -0.2) is 35.2 Å². The fraction of sp³-hybridized carbons (Fsp3) is 0.444. The van der Waals surface area contributed by atoms with Gasteiger partial charge in [0, 0.05) is 12.0 Å². The van der Waals surface area contributed by atoms with Crippen molar-refractivity contribution in [2.45, 2.75) is 75.4 Å². The standard InChI is InChI=1S/C27H29F5N4O2/c1-15(23(34)37)18-8-9-19(20(28)12-18)16-4-6-17(7-5-16)22(27(30,31)32)35-21(13-25(2,3)29)24(38)36-26(14-33)10-11-26/h4-9,12,15,21-22,35H,10-11,13H2,1-3H3,(H2,34,37)(H,36,38)/t15-,21-,22-/m0/s1. The van der Waals surface area contributed by atoms with Gasteiger partial charge >= 0.3 is 6.18 Å². The maximum absolute atomic E-state index is 14.7. The SMILES string of the molecule is C[C@H](C(N)=O)c1ccc(-c2ccc([C@H](N[C@@H](CC(C)(C)F)C(=O)NC3(C#N)CC3)C(F)(F)F)cc2)c(F)c1. The minimum absolute atomic E-state index is 0.108. The van der Waals surface area contributed by atoms with Crippen LogP contribution in [0.25, 0.3) is 11.1 Å². The number of halogens is 5. The van der Waals surface area contributed by atoms with Crippen LogP contribution in [0.4, 0.5) is 22.0 Å². The van der Waals surface area contributed by atoms with Gasteiger partial charge in [0.25, 0.3) is 0 Å². The maximum atomic E-state index is 14.7. The molecule has 1 aliphatic carbocycles. The van der Waals surface area contributed by atoms with E-state index in [1.54, 1.807) is 0 Å². The zero-order valence-corrected chi connectivity index (χ0v) is 21.1. The number of rotatable bonds is 10. The first-order valence-electron chi connectivity index (χ1n) is 12.0. The summed E-state index contributed by atoms with van der Waals surface area (Å²) in [4.78, 5) is 24.2. The van der Waals surface area contributed by atoms with E-state index in [2.05, 4.69) is 10.6 Å². The maximum Gasteiger partial charge on any atom is 0.407 e. The molecule has 1 aliphatic rings. The van der Waals surface area contributed by atoms with Crippen LogP contribution in [0.3, 0.4) is 0 Å². The lowest BCUT2D eigenvalue weighted by atomic mass is 9.94. The Bertz CT molecular complexity index is 1230. The van der Waals surface area contributed by atoms with Crippen LogP contribution in [-0.2, 0) is 9.59 Å². The zero-order chi connectivity index (χ0) is 28.5. The van der Waals surface area contributed by atoms with Gasteiger partial charge in [0.15, 0.2) is 0 Å². The Morgan fingerprint density at radius 1 is 1.08 bits per heavy atom. The number of carbonyl (C=O) groups excluding carboxylic acids is 2. The van der Waals surface area contributed by atoms with E-state index in [1.165, 1.54) is 31.2 Å². The number of nitrogens with one attached hydrogen (secondary N) is 2. The Morgan fingerprint density at radius 2 is 1.66 bits per heavy atom. The molecule has 2 amide bonds. The highest BCUT2D eigenvalue weighted by Gasteiger charge is 2.48. The third-order valence-electron chi connectivity index (χ3n) is 6.50. The summed E-state index contributed by atoms with van der Waals surface area (Å²) in [7, 11) is 0. The van der Waals surface area contributed by atoms with Crippen LogP contribution < -0.4 is 16.4 Å². The van der Waals surface area contributed by atoms with Crippen molar-refractivity contribution in [1.82, 2.24) is 10.6 Å². The first kappa shape index (κ1) is 29.0. The van der Waals surface area contributed by atoms with Crippen molar-refractivity contribution in [3.05, 3.63) is 59.4 Å².